The van der Waals surface area contributed by atoms with Crippen molar-refractivity contribution in [3.05, 3.63) is 82.9 Å². The van der Waals surface area contributed by atoms with Crippen LogP contribution < -0.4 is 25.4 Å². The lowest BCUT2D eigenvalue weighted by Gasteiger charge is -2.33. The number of ether oxygens (including phenoxy) is 2. The van der Waals surface area contributed by atoms with E-state index < -0.39 is 12.1 Å². The van der Waals surface area contributed by atoms with Gasteiger partial charge in [-0.1, -0.05) is 60.1 Å². The fourth-order valence-electron chi connectivity index (χ4n) is 3.65. The van der Waals surface area contributed by atoms with Crippen molar-refractivity contribution in [2.45, 2.75) is 19.1 Å². The summed E-state index contributed by atoms with van der Waals surface area (Å²) in [5.74, 6) is 0.972. The summed E-state index contributed by atoms with van der Waals surface area (Å²) in [5, 5.41) is 2.92. The second kappa shape index (κ2) is 9.20. The van der Waals surface area contributed by atoms with E-state index in [-0.39, 0.29) is 12.3 Å². The van der Waals surface area contributed by atoms with Gasteiger partial charge in [0.2, 0.25) is 5.91 Å². The van der Waals surface area contributed by atoms with E-state index in [4.69, 9.17) is 26.8 Å². The highest BCUT2D eigenvalue weighted by molar-refractivity contribution is 6.32. The molecule has 1 atom stereocenters. The summed E-state index contributed by atoms with van der Waals surface area (Å²) >= 11 is 6.32. The molecule has 0 fully saturated rings. The third kappa shape index (κ3) is 4.48. The Bertz CT molecular complexity index is 1150. The van der Waals surface area contributed by atoms with Gasteiger partial charge >= 0.3 is 6.03 Å². The third-order valence-electron chi connectivity index (χ3n) is 5.17. The predicted octanol–water partition coefficient (Wildman–Crippen LogP) is 4.27. The van der Waals surface area contributed by atoms with Gasteiger partial charge in [-0.05, 0) is 29.3 Å². The van der Waals surface area contributed by atoms with E-state index in [1.54, 1.807) is 31.3 Å². The highest BCUT2D eigenvalue weighted by atomic mass is 35.5. The van der Waals surface area contributed by atoms with Crippen molar-refractivity contribution in [1.82, 2.24) is 5.32 Å². The average Bonchev–Trinajstić information content (AvgIpc) is 2.78. The second-order valence-electron chi connectivity index (χ2n) is 7.37. The summed E-state index contributed by atoms with van der Waals surface area (Å²) in [6, 6.07) is 18.9. The standard InChI is InChI=1S/C24H22ClN3O4/c1-28-21-16(13-18(23(28)29)27-24(26)30)11-12-20(31-14-15-7-3-2-4-8-15)22(21)32-19-10-6-5-9-17(19)25/h2-12,18H,13-14H2,1H3,(H3,26,27,30)/t18-/m1/s1. The molecule has 0 bridgehead atoms. The number of amides is 3. The van der Waals surface area contributed by atoms with E-state index in [2.05, 4.69) is 5.32 Å². The van der Waals surface area contributed by atoms with Crippen molar-refractivity contribution in [1.29, 1.82) is 0 Å². The second-order valence-corrected chi connectivity index (χ2v) is 7.78. The first-order chi connectivity index (χ1) is 15.4. The Morgan fingerprint density at radius 2 is 1.81 bits per heavy atom. The minimum Gasteiger partial charge on any atom is -0.485 e. The lowest BCUT2D eigenvalue weighted by atomic mass is 9.96. The van der Waals surface area contributed by atoms with Crippen LogP contribution in [0, 0.1) is 0 Å². The molecule has 1 heterocycles. The molecule has 164 valence electrons. The zero-order chi connectivity index (χ0) is 22.7. The minimum absolute atomic E-state index is 0.277. The van der Waals surface area contributed by atoms with Crippen molar-refractivity contribution in [2.75, 3.05) is 11.9 Å². The van der Waals surface area contributed by atoms with Crippen molar-refractivity contribution in [3.63, 3.8) is 0 Å². The molecule has 1 aliphatic heterocycles. The predicted molar refractivity (Wildman–Crippen MR) is 122 cm³/mol. The molecule has 1 aliphatic rings. The monoisotopic (exact) mass is 451 g/mol. The number of para-hydroxylation sites is 1. The van der Waals surface area contributed by atoms with E-state index in [0.717, 1.165) is 11.1 Å². The first-order valence-electron chi connectivity index (χ1n) is 10.0. The highest BCUT2D eigenvalue weighted by Gasteiger charge is 2.35. The summed E-state index contributed by atoms with van der Waals surface area (Å²) in [6.45, 7) is 0.321. The van der Waals surface area contributed by atoms with E-state index in [0.29, 0.717) is 34.6 Å². The van der Waals surface area contributed by atoms with Crippen LogP contribution in [0.2, 0.25) is 5.02 Å². The van der Waals surface area contributed by atoms with Crippen LogP contribution in [-0.4, -0.2) is 25.0 Å². The molecule has 0 unspecified atom stereocenters. The number of urea groups is 1. The van der Waals surface area contributed by atoms with Gasteiger partial charge < -0.3 is 25.4 Å². The maximum absolute atomic E-state index is 12.9. The molecule has 4 rings (SSSR count). The fourth-order valence-corrected chi connectivity index (χ4v) is 3.82. The molecule has 3 aromatic rings. The van der Waals surface area contributed by atoms with Gasteiger partial charge in [-0.15, -0.1) is 0 Å². The molecule has 3 N–H and O–H groups in total. The number of fused-ring (bicyclic) bond motifs is 1. The maximum atomic E-state index is 12.9. The summed E-state index contributed by atoms with van der Waals surface area (Å²) in [4.78, 5) is 25.7. The highest BCUT2D eigenvalue weighted by Crippen LogP contribution is 2.46. The number of nitrogens with one attached hydrogen (secondary N) is 1. The molecule has 0 aromatic heterocycles. The SMILES string of the molecule is CN1C(=O)[C@H](NC(N)=O)Cc2ccc(OCc3ccccc3)c(Oc3ccccc3Cl)c21. The van der Waals surface area contributed by atoms with Gasteiger partial charge in [-0.25, -0.2) is 4.79 Å². The van der Waals surface area contributed by atoms with Crippen molar-refractivity contribution in [2.24, 2.45) is 5.73 Å². The van der Waals surface area contributed by atoms with Crippen LogP contribution in [0.3, 0.4) is 0 Å². The number of carbonyl (C=O) groups excluding carboxylic acids is 2. The third-order valence-corrected chi connectivity index (χ3v) is 5.48. The Morgan fingerprint density at radius 1 is 1.09 bits per heavy atom. The lowest BCUT2D eigenvalue weighted by Crippen LogP contribution is -2.53. The summed E-state index contributed by atoms with van der Waals surface area (Å²) in [5.41, 5.74) is 7.59. The van der Waals surface area contributed by atoms with Crippen LogP contribution in [0.1, 0.15) is 11.1 Å². The van der Waals surface area contributed by atoms with E-state index in [9.17, 15) is 9.59 Å². The summed E-state index contributed by atoms with van der Waals surface area (Å²) < 4.78 is 12.3. The topological polar surface area (TPSA) is 93.9 Å². The molecular formula is C24H22ClN3O4. The van der Waals surface area contributed by atoms with Crippen molar-refractivity contribution >= 4 is 29.2 Å². The average molecular weight is 452 g/mol. The number of likely N-dealkylation sites (N-methyl/N-ethyl adjacent to an activating group) is 1. The first-order valence-corrected chi connectivity index (χ1v) is 10.4. The van der Waals surface area contributed by atoms with Gasteiger partial charge in [0.15, 0.2) is 11.5 Å². The molecular weight excluding hydrogens is 430 g/mol. The molecule has 7 nitrogen and oxygen atoms in total. The van der Waals surface area contributed by atoms with Gasteiger partial charge in [-0.2, -0.15) is 0 Å². The number of benzene rings is 3. The van der Waals surface area contributed by atoms with Crippen LogP contribution in [0.4, 0.5) is 10.5 Å². The Balaban J connectivity index is 1.75. The Morgan fingerprint density at radius 3 is 2.53 bits per heavy atom. The zero-order valence-corrected chi connectivity index (χ0v) is 18.1. The smallest absolute Gasteiger partial charge is 0.312 e. The molecule has 8 heteroatoms. The van der Waals surface area contributed by atoms with Crippen LogP contribution in [-0.2, 0) is 17.8 Å². The van der Waals surface area contributed by atoms with Crippen LogP contribution in [0.5, 0.6) is 17.2 Å². The van der Waals surface area contributed by atoms with Crippen LogP contribution in [0.15, 0.2) is 66.7 Å². The number of hydrogen-bond acceptors (Lipinski definition) is 4. The van der Waals surface area contributed by atoms with Gasteiger partial charge in [0, 0.05) is 13.5 Å². The minimum atomic E-state index is -0.755. The molecule has 32 heavy (non-hydrogen) atoms. The van der Waals surface area contributed by atoms with Crippen molar-refractivity contribution < 1.29 is 19.1 Å². The largest absolute Gasteiger partial charge is 0.485 e. The van der Waals surface area contributed by atoms with Crippen LogP contribution in [0.25, 0.3) is 0 Å². The Labute approximate surface area is 190 Å². The normalized spacial score (nSPS) is 15.1. The zero-order valence-electron chi connectivity index (χ0n) is 17.4. The fraction of sp³-hybridized carbons (Fsp3) is 0.167. The number of nitrogens with two attached hydrogens (primary N) is 1. The molecule has 0 aliphatic carbocycles. The number of anilines is 1. The van der Waals surface area contributed by atoms with Gasteiger partial charge in [0.1, 0.15) is 18.4 Å². The molecule has 0 spiro atoms. The Kier molecular flexibility index (Phi) is 6.18. The van der Waals surface area contributed by atoms with E-state index >= 15 is 0 Å². The van der Waals surface area contributed by atoms with Crippen LogP contribution >= 0.6 is 11.6 Å². The number of carbonyl (C=O) groups is 2. The maximum Gasteiger partial charge on any atom is 0.312 e. The number of hydrogen-bond donors (Lipinski definition) is 2. The van der Waals surface area contributed by atoms with Gasteiger partial charge in [0.25, 0.3) is 0 Å². The molecule has 0 saturated heterocycles. The molecule has 3 amide bonds. The first kappa shape index (κ1) is 21.5. The summed E-state index contributed by atoms with van der Waals surface area (Å²) in [7, 11) is 1.62. The van der Waals surface area contributed by atoms with Gasteiger partial charge in [0.05, 0.1) is 10.7 Å². The van der Waals surface area contributed by atoms with Gasteiger partial charge in [-0.3, -0.25) is 4.79 Å². The number of halogens is 1. The van der Waals surface area contributed by atoms with E-state index in [1.165, 1.54) is 4.90 Å². The lowest BCUT2D eigenvalue weighted by molar-refractivity contribution is -0.120. The van der Waals surface area contributed by atoms with E-state index in [1.807, 2.05) is 42.5 Å². The number of rotatable bonds is 6. The molecule has 3 aromatic carbocycles. The number of primary amides is 1. The Hall–Kier alpha value is -3.71. The number of nitrogens with zero attached hydrogens (tertiary/aromatic N) is 1. The molecule has 0 radical (unpaired) electrons. The summed E-state index contributed by atoms with van der Waals surface area (Å²) in [6.07, 6.45) is 0.277. The quantitative estimate of drug-likeness (QED) is 0.585. The molecule has 0 saturated carbocycles. The van der Waals surface area contributed by atoms with Crippen molar-refractivity contribution in [3.8, 4) is 17.2 Å².